The molecule has 0 aliphatic heterocycles. The van der Waals surface area contributed by atoms with E-state index in [4.69, 9.17) is 4.74 Å². The minimum atomic E-state index is -0.386. The fraction of sp³-hybridized carbons (Fsp3) is 0.333. The molecule has 0 aliphatic carbocycles. The Morgan fingerprint density at radius 3 is 2.91 bits per heavy atom. The summed E-state index contributed by atoms with van der Waals surface area (Å²) >= 11 is 1.53. The van der Waals surface area contributed by atoms with E-state index >= 15 is 0 Å². The Kier molecular flexibility index (Phi) is 5.32. The highest BCUT2D eigenvalue weighted by Crippen LogP contribution is 2.25. The van der Waals surface area contributed by atoms with Crippen LogP contribution in [0.4, 0.5) is 9.18 Å². The second-order valence-corrected chi connectivity index (χ2v) is 5.86. The minimum Gasteiger partial charge on any atom is -0.496 e. The topological polar surface area (TPSA) is 63.2 Å². The Bertz CT molecular complexity index is 660. The highest BCUT2D eigenvalue weighted by Gasteiger charge is 2.15. The van der Waals surface area contributed by atoms with Gasteiger partial charge in [-0.05, 0) is 32.0 Å². The number of thiazole rings is 1. The molecule has 2 N–H and O–H groups in total. The third-order valence-electron chi connectivity index (χ3n) is 3.10. The van der Waals surface area contributed by atoms with Crippen molar-refractivity contribution in [1.82, 2.24) is 15.6 Å². The molecule has 1 aromatic carbocycles. The molecule has 1 aromatic heterocycles. The van der Waals surface area contributed by atoms with Gasteiger partial charge in [0.1, 0.15) is 11.6 Å². The lowest BCUT2D eigenvalue weighted by Crippen LogP contribution is -2.36. The minimum absolute atomic E-state index is 0.343. The number of halogens is 1. The van der Waals surface area contributed by atoms with Crippen LogP contribution >= 0.6 is 11.3 Å². The molecular weight excluding hydrogens is 305 g/mol. The summed E-state index contributed by atoms with van der Waals surface area (Å²) in [5.74, 6) is 0.159. The molecule has 7 heteroatoms. The van der Waals surface area contributed by atoms with Crippen molar-refractivity contribution in [2.24, 2.45) is 0 Å². The van der Waals surface area contributed by atoms with Gasteiger partial charge in [0, 0.05) is 10.9 Å². The Labute approximate surface area is 132 Å². The standard InChI is InChI=1S/C15H18FN3O2S/c1-9(13-6-11(16)4-5-14(13)21-3)18-15(20)17-7-12-8-22-10(2)19-12/h4-6,8-9H,7H2,1-3H3,(H2,17,18,20)/t9-/m0/s1. The summed E-state index contributed by atoms with van der Waals surface area (Å²) < 4.78 is 18.6. The van der Waals surface area contributed by atoms with Crippen LogP contribution in [0.2, 0.25) is 0 Å². The number of urea groups is 1. The third-order valence-corrected chi connectivity index (χ3v) is 3.92. The van der Waals surface area contributed by atoms with E-state index in [-0.39, 0.29) is 17.9 Å². The van der Waals surface area contributed by atoms with Crippen molar-refractivity contribution >= 4 is 17.4 Å². The Morgan fingerprint density at radius 1 is 1.50 bits per heavy atom. The van der Waals surface area contributed by atoms with Crippen LogP contribution in [0.3, 0.4) is 0 Å². The molecule has 2 rings (SSSR count). The van der Waals surface area contributed by atoms with Gasteiger partial charge in [0.2, 0.25) is 0 Å². The van der Waals surface area contributed by atoms with Gasteiger partial charge in [-0.15, -0.1) is 11.3 Å². The molecule has 0 unspecified atom stereocenters. The highest BCUT2D eigenvalue weighted by molar-refractivity contribution is 7.09. The lowest BCUT2D eigenvalue weighted by Gasteiger charge is -2.17. The lowest BCUT2D eigenvalue weighted by molar-refractivity contribution is 0.237. The molecule has 5 nitrogen and oxygen atoms in total. The molecular formula is C15H18FN3O2S. The predicted octanol–water partition coefficient (Wildman–Crippen LogP) is 3.16. The highest BCUT2D eigenvalue weighted by atomic mass is 32.1. The SMILES string of the molecule is COc1ccc(F)cc1[C@H](C)NC(=O)NCc1csc(C)n1. The number of nitrogens with zero attached hydrogens (tertiary/aromatic N) is 1. The predicted molar refractivity (Wildman–Crippen MR) is 83.6 cm³/mol. The molecule has 0 saturated carbocycles. The molecule has 22 heavy (non-hydrogen) atoms. The normalized spacial score (nSPS) is 11.8. The van der Waals surface area contributed by atoms with Crippen LogP contribution in [-0.4, -0.2) is 18.1 Å². The molecule has 1 heterocycles. The molecule has 0 saturated heterocycles. The quantitative estimate of drug-likeness (QED) is 0.888. The molecule has 0 aliphatic rings. The zero-order valence-corrected chi connectivity index (χ0v) is 13.5. The maximum Gasteiger partial charge on any atom is 0.315 e. The maximum absolute atomic E-state index is 13.4. The van der Waals surface area contributed by atoms with Gasteiger partial charge in [0.05, 0.1) is 30.4 Å². The van der Waals surface area contributed by atoms with Crippen molar-refractivity contribution in [3.63, 3.8) is 0 Å². The number of amides is 2. The van der Waals surface area contributed by atoms with Gasteiger partial charge in [0.15, 0.2) is 0 Å². The first kappa shape index (κ1) is 16.2. The van der Waals surface area contributed by atoms with Crippen molar-refractivity contribution < 1.29 is 13.9 Å². The van der Waals surface area contributed by atoms with Gasteiger partial charge < -0.3 is 15.4 Å². The Morgan fingerprint density at radius 2 is 2.27 bits per heavy atom. The molecule has 118 valence electrons. The van der Waals surface area contributed by atoms with Crippen molar-refractivity contribution in [2.45, 2.75) is 26.4 Å². The van der Waals surface area contributed by atoms with Crippen molar-refractivity contribution in [3.05, 3.63) is 45.7 Å². The molecule has 0 fully saturated rings. The van der Waals surface area contributed by atoms with E-state index in [9.17, 15) is 9.18 Å². The monoisotopic (exact) mass is 323 g/mol. The van der Waals surface area contributed by atoms with Gasteiger partial charge in [-0.3, -0.25) is 0 Å². The molecule has 0 radical (unpaired) electrons. The second kappa shape index (κ2) is 7.22. The number of aromatic nitrogens is 1. The first-order valence-electron chi connectivity index (χ1n) is 6.78. The van der Waals surface area contributed by atoms with Gasteiger partial charge in [0.25, 0.3) is 0 Å². The average Bonchev–Trinajstić information content (AvgIpc) is 2.90. The summed E-state index contributed by atoms with van der Waals surface area (Å²) in [7, 11) is 1.51. The van der Waals surface area contributed by atoms with Crippen LogP contribution in [0.1, 0.15) is 29.2 Å². The van der Waals surface area contributed by atoms with Crippen molar-refractivity contribution in [1.29, 1.82) is 0 Å². The summed E-state index contributed by atoms with van der Waals surface area (Å²) in [6.45, 7) is 4.03. The molecule has 0 bridgehead atoms. The summed E-state index contributed by atoms with van der Waals surface area (Å²) in [6.07, 6.45) is 0. The summed E-state index contributed by atoms with van der Waals surface area (Å²) in [5, 5.41) is 8.33. The first-order valence-corrected chi connectivity index (χ1v) is 7.66. The zero-order chi connectivity index (χ0) is 16.1. The van der Waals surface area contributed by atoms with Crippen LogP contribution in [0, 0.1) is 12.7 Å². The van der Waals surface area contributed by atoms with E-state index in [1.165, 1.54) is 30.6 Å². The van der Waals surface area contributed by atoms with Crippen LogP contribution in [0.25, 0.3) is 0 Å². The van der Waals surface area contributed by atoms with E-state index in [0.717, 1.165) is 10.7 Å². The average molecular weight is 323 g/mol. The maximum atomic E-state index is 13.4. The Balaban J connectivity index is 1.94. The number of hydrogen-bond acceptors (Lipinski definition) is 4. The first-order chi connectivity index (χ1) is 10.5. The van der Waals surface area contributed by atoms with Crippen molar-refractivity contribution in [3.8, 4) is 5.75 Å². The smallest absolute Gasteiger partial charge is 0.315 e. The number of benzene rings is 1. The number of carbonyl (C=O) groups excluding carboxylic acids is 1. The number of methoxy groups -OCH3 is 1. The van der Waals surface area contributed by atoms with Crippen LogP contribution in [-0.2, 0) is 6.54 Å². The number of ether oxygens (including phenoxy) is 1. The van der Waals surface area contributed by atoms with E-state index in [1.54, 1.807) is 13.0 Å². The van der Waals surface area contributed by atoms with Crippen LogP contribution in [0.5, 0.6) is 5.75 Å². The van der Waals surface area contributed by atoms with Gasteiger partial charge in [-0.1, -0.05) is 0 Å². The van der Waals surface area contributed by atoms with E-state index < -0.39 is 0 Å². The van der Waals surface area contributed by atoms with E-state index in [1.807, 2.05) is 12.3 Å². The number of aryl methyl sites for hydroxylation is 1. The van der Waals surface area contributed by atoms with Crippen LogP contribution in [0.15, 0.2) is 23.6 Å². The third kappa shape index (κ3) is 4.17. The summed E-state index contributed by atoms with van der Waals surface area (Å²) in [6, 6.07) is 3.48. The number of hydrogen-bond donors (Lipinski definition) is 2. The van der Waals surface area contributed by atoms with E-state index in [2.05, 4.69) is 15.6 Å². The lowest BCUT2D eigenvalue weighted by atomic mass is 10.1. The van der Waals surface area contributed by atoms with Crippen LogP contribution < -0.4 is 15.4 Å². The Hall–Kier alpha value is -2.15. The molecule has 2 aromatic rings. The number of nitrogens with one attached hydrogen (secondary N) is 2. The molecule has 1 atom stereocenters. The number of carbonyl (C=O) groups is 1. The summed E-state index contributed by atoms with van der Waals surface area (Å²) in [4.78, 5) is 16.2. The summed E-state index contributed by atoms with van der Waals surface area (Å²) in [5.41, 5.74) is 1.40. The fourth-order valence-corrected chi connectivity index (χ4v) is 2.64. The molecule has 2 amide bonds. The molecule has 0 spiro atoms. The van der Waals surface area contributed by atoms with E-state index in [0.29, 0.717) is 17.9 Å². The fourth-order valence-electron chi connectivity index (χ4n) is 2.03. The largest absolute Gasteiger partial charge is 0.496 e. The van der Waals surface area contributed by atoms with Crippen molar-refractivity contribution in [2.75, 3.05) is 7.11 Å². The number of rotatable bonds is 5. The second-order valence-electron chi connectivity index (χ2n) is 4.79. The van der Waals surface area contributed by atoms with Gasteiger partial charge in [-0.25, -0.2) is 14.2 Å². The van der Waals surface area contributed by atoms with Gasteiger partial charge in [-0.2, -0.15) is 0 Å². The van der Waals surface area contributed by atoms with Gasteiger partial charge >= 0.3 is 6.03 Å². The zero-order valence-electron chi connectivity index (χ0n) is 12.6.